The molecule has 1 aliphatic carbocycles. The fourth-order valence-electron chi connectivity index (χ4n) is 5.90. The van der Waals surface area contributed by atoms with E-state index in [9.17, 15) is 4.79 Å². The van der Waals surface area contributed by atoms with E-state index in [2.05, 4.69) is 50.9 Å². The molecule has 6 rings (SSSR count). The third-order valence-electron chi connectivity index (χ3n) is 8.11. The van der Waals surface area contributed by atoms with Gasteiger partial charge in [0.1, 0.15) is 23.4 Å². The van der Waals surface area contributed by atoms with Gasteiger partial charge in [0.2, 0.25) is 5.95 Å². The molecule has 1 fully saturated rings. The highest BCUT2D eigenvalue weighted by Gasteiger charge is 2.46. The zero-order valence-electron chi connectivity index (χ0n) is 21.5. The lowest BCUT2D eigenvalue weighted by Crippen LogP contribution is -2.45. The third-order valence-corrected chi connectivity index (χ3v) is 8.11. The first kappa shape index (κ1) is 24.4. The van der Waals surface area contributed by atoms with Crippen LogP contribution in [0.1, 0.15) is 41.3 Å². The number of hydrogen-bond donors (Lipinski definition) is 3. The van der Waals surface area contributed by atoms with E-state index in [1.54, 1.807) is 7.11 Å². The second kappa shape index (κ2) is 9.74. The van der Waals surface area contributed by atoms with Gasteiger partial charge in [-0.3, -0.25) is 14.9 Å². The number of aromatic amines is 2. The number of fused-ring (bicyclic) bond motifs is 2. The van der Waals surface area contributed by atoms with Gasteiger partial charge in [0.25, 0.3) is 5.56 Å². The largest absolute Gasteiger partial charge is 0.491 e. The molecule has 2 aromatic carbocycles. The number of nitrogens with one attached hydrogen (secondary N) is 2. The van der Waals surface area contributed by atoms with Gasteiger partial charge in [0, 0.05) is 31.8 Å². The van der Waals surface area contributed by atoms with E-state index in [0.29, 0.717) is 41.5 Å². The van der Waals surface area contributed by atoms with Gasteiger partial charge in [0.05, 0.1) is 6.61 Å². The maximum absolute atomic E-state index is 13.2. The van der Waals surface area contributed by atoms with Crippen molar-refractivity contribution in [3.05, 3.63) is 87.8 Å². The Morgan fingerprint density at radius 1 is 1.16 bits per heavy atom. The van der Waals surface area contributed by atoms with Crippen LogP contribution in [0.15, 0.2) is 59.9 Å². The first-order chi connectivity index (χ1) is 18.5. The van der Waals surface area contributed by atoms with Crippen molar-refractivity contribution in [3.63, 3.8) is 0 Å². The fraction of sp³-hybridized carbons (Fsp3) is 0.345. The summed E-state index contributed by atoms with van der Waals surface area (Å²) < 4.78 is 10.6. The van der Waals surface area contributed by atoms with Crippen LogP contribution in [-0.2, 0) is 11.2 Å². The molecule has 0 amide bonds. The van der Waals surface area contributed by atoms with E-state index < -0.39 is 0 Å². The smallest absolute Gasteiger partial charge is 0.264 e. The van der Waals surface area contributed by atoms with E-state index >= 15 is 0 Å². The van der Waals surface area contributed by atoms with Crippen molar-refractivity contribution < 1.29 is 9.47 Å². The van der Waals surface area contributed by atoms with Crippen LogP contribution in [-0.4, -0.2) is 53.6 Å². The lowest BCUT2D eigenvalue weighted by molar-refractivity contribution is 0.146. The molecule has 0 unspecified atom stereocenters. The first-order valence-corrected chi connectivity index (χ1v) is 13.0. The van der Waals surface area contributed by atoms with E-state index in [-0.39, 0.29) is 17.0 Å². The van der Waals surface area contributed by atoms with Crippen molar-refractivity contribution in [1.82, 2.24) is 20.2 Å². The van der Waals surface area contributed by atoms with Crippen LogP contribution in [0.25, 0.3) is 16.6 Å². The Kier molecular flexibility index (Phi) is 6.25. The van der Waals surface area contributed by atoms with Gasteiger partial charge in [0.15, 0.2) is 5.65 Å². The average Bonchev–Trinajstić information content (AvgIpc) is 3.49. The maximum Gasteiger partial charge on any atom is 0.264 e. The lowest BCUT2D eigenvalue weighted by Gasteiger charge is -2.42. The second-order valence-corrected chi connectivity index (χ2v) is 10.2. The number of nitrogens with zero attached hydrogens (tertiary/aromatic N) is 3. The van der Waals surface area contributed by atoms with Crippen molar-refractivity contribution in [2.24, 2.45) is 11.1 Å². The van der Waals surface area contributed by atoms with Crippen LogP contribution in [0, 0.1) is 5.41 Å². The minimum Gasteiger partial charge on any atom is -0.491 e. The number of ether oxygens (including phenoxy) is 2. The molecule has 0 saturated carbocycles. The highest BCUT2D eigenvalue weighted by Crippen LogP contribution is 2.50. The molecule has 0 radical (unpaired) electrons. The predicted octanol–water partition coefficient (Wildman–Crippen LogP) is 3.58. The Balaban J connectivity index is 1.19. The molecule has 2 aliphatic rings. The number of anilines is 1. The Labute approximate surface area is 220 Å². The highest BCUT2D eigenvalue weighted by molar-refractivity contribution is 5.92. The van der Waals surface area contributed by atoms with Gasteiger partial charge in [-0.05, 0) is 53.5 Å². The van der Waals surface area contributed by atoms with Gasteiger partial charge >= 0.3 is 0 Å². The molecule has 9 heteroatoms. The van der Waals surface area contributed by atoms with Crippen LogP contribution in [0.5, 0.6) is 5.75 Å². The van der Waals surface area contributed by atoms with Crippen LogP contribution < -0.4 is 20.9 Å². The van der Waals surface area contributed by atoms with Crippen LogP contribution in [0.4, 0.5) is 5.95 Å². The molecular formula is C29H32N6O3. The Bertz CT molecular complexity index is 1530. The lowest BCUT2D eigenvalue weighted by atomic mass is 9.73. The number of methoxy groups -OCH3 is 1. The summed E-state index contributed by atoms with van der Waals surface area (Å²) in [5.41, 5.74) is 11.6. The molecule has 2 aromatic heterocycles. The van der Waals surface area contributed by atoms with Crippen molar-refractivity contribution in [1.29, 1.82) is 0 Å². The summed E-state index contributed by atoms with van der Waals surface area (Å²) in [6, 6.07) is 16.1. The van der Waals surface area contributed by atoms with Crippen LogP contribution >= 0.6 is 0 Å². The summed E-state index contributed by atoms with van der Waals surface area (Å²) in [5.74, 6) is 1.29. The molecule has 1 atom stereocenters. The summed E-state index contributed by atoms with van der Waals surface area (Å²) in [6.07, 6.45) is 2.90. The topological polar surface area (TPSA) is 122 Å². The Morgan fingerprint density at radius 2 is 1.92 bits per heavy atom. The minimum absolute atomic E-state index is 0.0440. The van der Waals surface area contributed by atoms with E-state index in [4.69, 9.17) is 20.2 Å². The zero-order chi connectivity index (χ0) is 26.3. The molecule has 1 saturated heterocycles. The Morgan fingerprint density at radius 3 is 2.66 bits per heavy atom. The molecule has 4 aromatic rings. The van der Waals surface area contributed by atoms with E-state index in [1.165, 1.54) is 11.1 Å². The van der Waals surface area contributed by atoms with E-state index in [0.717, 1.165) is 43.7 Å². The predicted molar refractivity (Wildman–Crippen MR) is 147 cm³/mol. The zero-order valence-corrected chi connectivity index (χ0v) is 21.5. The first-order valence-electron chi connectivity index (χ1n) is 13.0. The summed E-state index contributed by atoms with van der Waals surface area (Å²) in [6.45, 7) is 6.75. The second-order valence-electron chi connectivity index (χ2n) is 10.2. The molecule has 196 valence electrons. The Hall–Kier alpha value is -3.95. The van der Waals surface area contributed by atoms with Gasteiger partial charge in [-0.25, -0.2) is 0 Å². The third kappa shape index (κ3) is 4.17. The number of aromatic nitrogens is 4. The minimum atomic E-state index is -0.236. The number of H-pyrrole nitrogens is 2. The number of nitrogens with two attached hydrogens (primary N) is 1. The monoisotopic (exact) mass is 512 g/mol. The standard InChI is InChI=1S/C29H32N6O3/c1-18(19-7-9-21(10-8-19)38-16-15-37-2)24-23-26(34-33-24)31-28(32-27(23)36)35-13-11-29(12-14-35)17-20-5-3-4-6-22(20)25(29)30/h3-10,25H,1,11-17,30H2,2H3,(H2,31,32,33,34,36)/t25-/m1/s1. The van der Waals surface area contributed by atoms with Crippen molar-refractivity contribution in [2.75, 3.05) is 38.3 Å². The normalized spacial score (nSPS) is 18.2. The summed E-state index contributed by atoms with van der Waals surface area (Å²) in [5, 5.41) is 7.75. The van der Waals surface area contributed by atoms with Crippen LogP contribution in [0.3, 0.4) is 0 Å². The summed E-state index contributed by atoms with van der Waals surface area (Å²) >= 11 is 0. The molecule has 4 N–H and O–H groups in total. The SMILES string of the molecule is C=C(c1ccc(OCCOC)cc1)c1n[nH]c2nc(N3CCC4(CC3)Cc3ccccc3[C@H]4N)[nH]c(=O)c12. The maximum atomic E-state index is 13.2. The highest BCUT2D eigenvalue weighted by atomic mass is 16.5. The summed E-state index contributed by atoms with van der Waals surface area (Å²) in [7, 11) is 1.64. The number of piperidine rings is 1. The molecule has 38 heavy (non-hydrogen) atoms. The molecule has 3 heterocycles. The van der Waals surface area contributed by atoms with Gasteiger partial charge in [-0.2, -0.15) is 10.1 Å². The number of benzene rings is 2. The molecule has 9 nitrogen and oxygen atoms in total. The van der Waals surface area contributed by atoms with Crippen molar-refractivity contribution >= 4 is 22.6 Å². The van der Waals surface area contributed by atoms with Crippen molar-refractivity contribution in [3.8, 4) is 5.75 Å². The molecule has 1 spiro atoms. The summed E-state index contributed by atoms with van der Waals surface area (Å²) in [4.78, 5) is 23.1. The fourth-order valence-corrected chi connectivity index (χ4v) is 5.90. The number of hydrogen-bond acceptors (Lipinski definition) is 7. The van der Waals surface area contributed by atoms with Gasteiger partial charge in [-0.15, -0.1) is 0 Å². The number of rotatable bonds is 7. The van der Waals surface area contributed by atoms with E-state index in [1.807, 2.05) is 24.3 Å². The average molecular weight is 513 g/mol. The van der Waals surface area contributed by atoms with Gasteiger partial charge in [-0.1, -0.05) is 43.0 Å². The molecule has 0 bridgehead atoms. The molecular weight excluding hydrogens is 480 g/mol. The van der Waals surface area contributed by atoms with Crippen molar-refractivity contribution in [2.45, 2.75) is 25.3 Å². The molecule has 1 aliphatic heterocycles. The van der Waals surface area contributed by atoms with Gasteiger partial charge < -0.3 is 20.1 Å². The van der Waals surface area contributed by atoms with Crippen LogP contribution in [0.2, 0.25) is 0 Å². The quantitative estimate of drug-likeness (QED) is 0.324.